The predicted octanol–water partition coefficient (Wildman–Crippen LogP) is 6.65. The lowest BCUT2D eigenvalue weighted by Gasteiger charge is -2.29. The van der Waals surface area contributed by atoms with Crippen LogP contribution in [0, 0.1) is 0 Å². The molecule has 5 heteroatoms. The van der Waals surface area contributed by atoms with Gasteiger partial charge in [0.2, 0.25) is 0 Å². The highest BCUT2D eigenvalue weighted by atomic mass is 31.2. The fourth-order valence-electron chi connectivity index (χ4n) is 3.68. The topological polar surface area (TPSA) is 47.6 Å². The third kappa shape index (κ3) is 4.31. The van der Waals surface area contributed by atoms with Crippen molar-refractivity contribution in [2.24, 2.45) is 0 Å². The second-order valence-electron chi connectivity index (χ2n) is 6.82. The first-order valence-electron chi connectivity index (χ1n) is 10.2. The van der Waals surface area contributed by atoms with Crippen LogP contribution in [0.2, 0.25) is 0 Å². The van der Waals surface area contributed by atoms with Gasteiger partial charge in [-0.25, -0.2) is 0 Å². The second-order valence-corrected chi connectivity index (χ2v) is 8.93. The molecule has 28 heavy (non-hydrogen) atoms. The maximum absolute atomic E-state index is 13.9. The molecule has 4 nitrogen and oxygen atoms in total. The number of fused-ring (bicyclic) bond motifs is 2. The number of rotatable bonds is 10. The van der Waals surface area contributed by atoms with E-state index in [-0.39, 0.29) is 0 Å². The molecular formula is C23H30NO3P. The van der Waals surface area contributed by atoms with Gasteiger partial charge in [0.15, 0.2) is 0 Å². The Morgan fingerprint density at radius 2 is 1.43 bits per heavy atom. The number of benzene rings is 3. The van der Waals surface area contributed by atoms with Crippen LogP contribution >= 0.6 is 7.60 Å². The number of hydrogen-bond donors (Lipinski definition) is 1. The minimum Gasteiger partial charge on any atom is -0.308 e. The third-order valence-electron chi connectivity index (χ3n) is 4.89. The Kier molecular flexibility index (Phi) is 7.25. The Morgan fingerprint density at radius 1 is 0.893 bits per heavy atom. The highest BCUT2D eigenvalue weighted by Gasteiger charge is 2.38. The Hall–Kier alpha value is -1.71. The molecule has 0 amide bonds. The molecule has 0 aliphatic rings. The van der Waals surface area contributed by atoms with Gasteiger partial charge in [-0.15, -0.1) is 0 Å². The first kappa shape index (κ1) is 21.0. The van der Waals surface area contributed by atoms with Crippen molar-refractivity contribution in [1.29, 1.82) is 0 Å². The Labute approximate surface area is 167 Å². The molecule has 0 aliphatic carbocycles. The standard InChI is InChI=1S/C23H30NO3P/c1-4-7-16-24-23(28(25,26-5-2)27-6-3)22-20-14-10-8-12-18(20)17-19-13-9-11-15-21(19)22/h8-15,17,23-24H,4-7,16H2,1-3H3. The van der Waals surface area contributed by atoms with Crippen LogP contribution in [0.5, 0.6) is 0 Å². The van der Waals surface area contributed by atoms with E-state index in [1.165, 1.54) is 0 Å². The van der Waals surface area contributed by atoms with E-state index in [0.29, 0.717) is 13.2 Å². The van der Waals surface area contributed by atoms with Gasteiger partial charge >= 0.3 is 7.60 Å². The molecule has 1 N–H and O–H groups in total. The SMILES string of the molecule is CCCCNC(c1c2ccccc2cc2ccccc12)P(=O)(OCC)OCC. The molecule has 0 radical (unpaired) electrons. The lowest BCUT2D eigenvalue weighted by atomic mass is 9.96. The number of unbranched alkanes of at least 4 members (excludes halogenated alkanes) is 1. The zero-order valence-electron chi connectivity index (χ0n) is 17.0. The van der Waals surface area contributed by atoms with Crippen LogP contribution in [-0.4, -0.2) is 19.8 Å². The third-order valence-corrected chi connectivity index (χ3v) is 7.20. The highest BCUT2D eigenvalue weighted by Crippen LogP contribution is 2.61. The van der Waals surface area contributed by atoms with Crippen LogP contribution in [0.1, 0.15) is 45.0 Å². The summed E-state index contributed by atoms with van der Waals surface area (Å²) in [6.07, 6.45) is 2.06. The van der Waals surface area contributed by atoms with Crippen molar-refractivity contribution < 1.29 is 13.6 Å². The number of hydrogen-bond acceptors (Lipinski definition) is 4. The van der Waals surface area contributed by atoms with Crippen molar-refractivity contribution in [3.8, 4) is 0 Å². The molecule has 0 aromatic heterocycles. The van der Waals surface area contributed by atoms with Gasteiger partial charge in [-0.1, -0.05) is 61.9 Å². The maximum Gasteiger partial charge on any atom is 0.351 e. The summed E-state index contributed by atoms with van der Waals surface area (Å²) in [5.74, 6) is -0.519. The van der Waals surface area contributed by atoms with Gasteiger partial charge in [-0.05, 0) is 60.0 Å². The molecule has 150 valence electrons. The van der Waals surface area contributed by atoms with Crippen molar-refractivity contribution in [2.45, 2.75) is 39.4 Å². The summed E-state index contributed by atoms with van der Waals surface area (Å²) in [4.78, 5) is 0. The minimum atomic E-state index is -3.41. The summed E-state index contributed by atoms with van der Waals surface area (Å²) >= 11 is 0. The summed E-state index contributed by atoms with van der Waals surface area (Å²) in [5.41, 5.74) is 0.995. The molecule has 0 fully saturated rings. The maximum atomic E-state index is 13.9. The van der Waals surface area contributed by atoms with Gasteiger partial charge in [0.1, 0.15) is 5.78 Å². The quantitative estimate of drug-likeness (QED) is 0.236. The molecule has 0 aliphatic heterocycles. The summed E-state index contributed by atoms with van der Waals surface area (Å²) in [5, 5.41) is 7.92. The molecule has 0 saturated heterocycles. The molecule has 3 aromatic carbocycles. The van der Waals surface area contributed by atoms with Crippen LogP contribution in [-0.2, 0) is 13.6 Å². The van der Waals surface area contributed by atoms with Gasteiger partial charge in [-0.3, -0.25) is 9.88 Å². The largest absolute Gasteiger partial charge is 0.351 e. The van der Waals surface area contributed by atoms with E-state index < -0.39 is 13.4 Å². The molecule has 0 heterocycles. The zero-order valence-corrected chi connectivity index (χ0v) is 17.9. The van der Waals surface area contributed by atoms with Gasteiger partial charge in [0.05, 0.1) is 13.2 Å². The van der Waals surface area contributed by atoms with Crippen molar-refractivity contribution in [3.63, 3.8) is 0 Å². The summed E-state index contributed by atoms with van der Waals surface area (Å²) in [6.45, 7) is 7.29. The summed E-state index contributed by atoms with van der Waals surface area (Å²) in [7, 11) is -3.41. The predicted molar refractivity (Wildman–Crippen MR) is 118 cm³/mol. The smallest absolute Gasteiger partial charge is 0.308 e. The van der Waals surface area contributed by atoms with E-state index in [1.54, 1.807) is 0 Å². The highest BCUT2D eigenvalue weighted by molar-refractivity contribution is 7.54. The van der Waals surface area contributed by atoms with Crippen LogP contribution in [0.4, 0.5) is 0 Å². The van der Waals surface area contributed by atoms with Crippen LogP contribution in [0.25, 0.3) is 21.5 Å². The fraction of sp³-hybridized carbons (Fsp3) is 0.391. The lowest BCUT2D eigenvalue weighted by molar-refractivity contribution is 0.208. The molecule has 0 saturated carbocycles. The van der Waals surface area contributed by atoms with Crippen LogP contribution < -0.4 is 5.32 Å². The summed E-state index contributed by atoms with van der Waals surface area (Å²) in [6, 6.07) is 18.7. The Bertz CT molecular complexity index is 908. The molecule has 3 rings (SSSR count). The first-order chi connectivity index (χ1) is 13.6. The van der Waals surface area contributed by atoms with E-state index in [1.807, 2.05) is 38.1 Å². The first-order valence-corrected chi connectivity index (χ1v) is 11.8. The molecule has 1 atom stereocenters. The molecule has 0 bridgehead atoms. The Morgan fingerprint density at radius 3 is 1.93 bits per heavy atom. The lowest BCUT2D eigenvalue weighted by Crippen LogP contribution is -2.25. The van der Waals surface area contributed by atoms with Crippen molar-refractivity contribution >= 4 is 29.1 Å². The van der Waals surface area contributed by atoms with Crippen LogP contribution in [0.3, 0.4) is 0 Å². The second kappa shape index (κ2) is 9.67. The molecular weight excluding hydrogens is 369 g/mol. The molecule has 1 unspecified atom stereocenters. The molecule has 0 spiro atoms. The van der Waals surface area contributed by atoms with E-state index >= 15 is 0 Å². The van der Waals surface area contributed by atoms with Crippen LogP contribution in [0.15, 0.2) is 54.6 Å². The van der Waals surface area contributed by atoms with Crippen molar-refractivity contribution in [2.75, 3.05) is 19.8 Å². The monoisotopic (exact) mass is 399 g/mol. The molecule has 3 aromatic rings. The van der Waals surface area contributed by atoms with Gasteiger partial charge in [0.25, 0.3) is 0 Å². The van der Waals surface area contributed by atoms with Crippen molar-refractivity contribution in [1.82, 2.24) is 5.32 Å². The van der Waals surface area contributed by atoms with Gasteiger partial charge in [0, 0.05) is 0 Å². The van der Waals surface area contributed by atoms with E-state index in [0.717, 1.165) is 46.5 Å². The normalized spacial score (nSPS) is 13.2. The average Bonchev–Trinajstić information content (AvgIpc) is 2.70. The fourth-order valence-corrected chi connectivity index (χ4v) is 5.72. The minimum absolute atomic E-state index is 0.339. The summed E-state index contributed by atoms with van der Waals surface area (Å²) < 4.78 is 25.5. The van der Waals surface area contributed by atoms with Crippen molar-refractivity contribution in [3.05, 3.63) is 60.2 Å². The number of nitrogens with one attached hydrogen (secondary N) is 1. The van der Waals surface area contributed by atoms with E-state index in [9.17, 15) is 4.57 Å². The van der Waals surface area contributed by atoms with Gasteiger partial charge in [-0.2, -0.15) is 0 Å². The van der Waals surface area contributed by atoms with E-state index in [2.05, 4.69) is 42.6 Å². The van der Waals surface area contributed by atoms with E-state index in [4.69, 9.17) is 9.05 Å². The zero-order chi connectivity index (χ0) is 20.0. The Balaban J connectivity index is 2.28. The average molecular weight is 399 g/mol. The van der Waals surface area contributed by atoms with Gasteiger partial charge < -0.3 is 9.05 Å².